The van der Waals surface area contributed by atoms with Crippen molar-refractivity contribution in [3.8, 4) is 0 Å². The Hall–Kier alpha value is -0.660. The molecule has 6 nitrogen and oxygen atoms in total. The molecule has 2 atom stereocenters. The average molecular weight is 291 g/mol. The van der Waals surface area contributed by atoms with E-state index in [2.05, 4.69) is 22.3 Å². The van der Waals surface area contributed by atoms with Gasteiger partial charge < -0.3 is 10.6 Å². The van der Waals surface area contributed by atoms with Gasteiger partial charge in [-0.05, 0) is 44.8 Å². The van der Waals surface area contributed by atoms with Gasteiger partial charge in [0, 0.05) is 13.0 Å². The highest BCUT2D eigenvalue weighted by atomic mass is 32.2. The van der Waals surface area contributed by atoms with Crippen LogP contribution >= 0.6 is 0 Å². The predicted molar refractivity (Wildman–Crippen MR) is 75.2 cm³/mol. The summed E-state index contributed by atoms with van der Waals surface area (Å²) in [7, 11) is -1.87. The number of hydrogen-bond acceptors (Lipinski definition) is 4. The SMILES string of the molecule is CNS(=O)(=O)CCNC(=O)CC(C)C1CCCNC1. The van der Waals surface area contributed by atoms with Gasteiger partial charge >= 0.3 is 0 Å². The number of nitrogens with one attached hydrogen (secondary N) is 3. The molecule has 1 aliphatic heterocycles. The Balaban J connectivity index is 2.23. The van der Waals surface area contributed by atoms with Gasteiger partial charge in [-0.15, -0.1) is 0 Å². The molecule has 1 fully saturated rings. The zero-order chi connectivity index (χ0) is 14.3. The van der Waals surface area contributed by atoms with E-state index in [0.717, 1.165) is 25.9 Å². The zero-order valence-corrected chi connectivity index (χ0v) is 12.6. The first-order valence-corrected chi connectivity index (χ1v) is 8.48. The minimum atomic E-state index is -3.24. The number of rotatable bonds is 7. The molecule has 1 heterocycles. The van der Waals surface area contributed by atoms with Crippen molar-refractivity contribution in [2.24, 2.45) is 11.8 Å². The highest BCUT2D eigenvalue weighted by Crippen LogP contribution is 2.22. The van der Waals surface area contributed by atoms with E-state index in [1.54, 1.807) is 0 Å². The molecule has 0 saturated carbocycles. The highest BCUT2D eigenvalue weighted by Gasteiger charge is 2.21. The normalized spacial score (nSPS) is 21.9. The molecule has 0 aliphatic carbocycles. The van der Waals surface area contributed by atoms with Crippen LogP contribution in [0.1, 0.15) is 26.2 Å². The summed E-state index contributed by atoms with van der Waals surface area (Å²) in [6.45, 7) is 4.29. The Morgan fingerprint density at radius 1 is 1.47 bits per heavy atom. The summed E-state index contributed by atoms with van der Waals surface area (Å²) in [5.74, 6) is 0.729. The van der Waals surface area contributed by atoms with E-state index in [9.17, 15) is 13.2 Å². The number of carbonyl (C=O) groups excluding carboxylic acids is 1. The summed E-state index contributed by atoms with van der Waals surface area (Å²) in [5.41, 5.74) is 0. The van der Waals surface area contributed by atoms with Gasteiger partial charge in [-0.2, -0.15) is 0 Å². The Morgan fingerprint density at radius 2 is 2.21 bits per heavy atom. The van der Waals surface area contributed by atoms with Crippen LogP contribution in [-0.4, -0.2) is 46.8 Å². The summed E-state index contributed by atoms with van der Waals surface area (Å²) in [6, 6.07) is 0. The molecule has 1 amide bonds. The minimum Gasteiger partial charge on any atom is -0.355 e. The third-order valence-electron chi connectivity index (χ3n) is 3.65. The number of sulfonamides is 1. The first-order valence-electron chi connectivity index (χ1n) is 6.83. The second-order valence-electron chi connectivity index (χ2n) is 5.16. The Labute approximate surface area is 115 Å². The second-order valence-corrected chi connectivity index (χ2v) is 7.21. The average Bonchev–Trinajstić information content (AvgIpc) is 2.39. The van der Waals surface area contributed by atoms with Crippen molar-refractivity contribution < 1.29 is 13.2 Å². The van der Waals surface area contributed by atoms with Crippen LogP contribution in [0.4, 0.5) is 0 Å². The summed E-state index contributed by atoms with van der Waals surface area (Å²) < 4.78 is 24.6. The lowest BCUT2D eigenvalue weighted by Gasteiger charge is -2.28. The fourth-order valence-electron chi connectivity index (χ4n) is 2.32. The molecule has 1 saturated heterocycles. The van der Waals surface area contributed by atoms with Crippen LogP contribution in [0.5, 0.6) is 0 Å². The van der Waals surface area contributed by atoms with Crippen LogP contribution < -0.4 is 15.4 Å². The van der Waals surface area contributed by atoms with Gasteiger partial charge in [0.05, 0.1) is 5.75 Å². The molecule has 0 aromatic carbocycles. The van der Waals surface area contributed by atoms with E-state index in [1.165, 1.54) is 7.05 Å². The maximum atomic E-state index is 11.7. The summed E-state index contributed by atoms with van der Waals surface area (Å²) in [6.07, 6.45) is 2.79. The van der Waals surface area contributed by atoms with Gasteiger partial charge in [0.2, 0.25) is 15.9 Å². The molecule has 0 bridgehead atoms. The van der Waals surface area contributed by atoms with E-state index >= 15 is 0 Å². The number of hydrogen-bond donors (Lipinski definition) is 3. The fourth-order valence-corrected chi connectivity index (χ4v) is 2.90. The minimum absolute atomic E-state index is 0.0654. The van der Waals surface area contributed by atoms with Gasteiger partial charge in [-0.25, -0.2) is 13.1 Å². The summed E-state index contributed by atoms with van der Waals surface area (Å²) >= 11 is 0. The lowest BCUT2D eigenvalue weighted by molar-refractivity contribution is -0.122. The van der Waals surface area contributed by atoms with E-state index in [0.29, 0.717) is 18.3 Å². The molecular formula is C12H25N3O3S. The lowest BCUT2D eigenvalue weighted by atomic mass is 9.85. The Kier molecular flexibility index (Phi) is 6.74. The molecule has 2 unspecified atom stereocenters. The molecule has 0 radical (unpaired) electrons. The van der Waals surface area contributed by atoms with Crippen LogP contribution in [0.15, 0.2) is 0 Å². The molecule has 3 N–H and O–H groups in total. The van der Waals surface area contributed by atoms with Gasteiger partial charge in [-0.1, -0.05) is 6.92 Å². The van der Waals surface area contributed by atoms with Crippen LogP contribution in [0.3, 0.4) is 0 Å². The molecule has 1 rings (SSSR count). The molecule has 19 heavy (non-hydrogen) atoms. The van der Waals surface area contributed by atoms with E-state index < -0.39 is 10.0 Å². The van der Waals surface area contributed by atoms with Crippen molar-refractivity contribution in [3.05, 3.63) is 0 Å². The second kappa shape index (κ2) is 7.81. The molecule has 0 spiro atoms. The Bertz CT molecular complexity index is 378. The molecular weight excluding hydrogens is 266 g/mol. The van der Waals surface area contributed by atoms with Crippen molar-refractivity contribution in [1.29, 1.82) is 0 Å². The maximum Gasteiger partial charge on any atom is 0.220 e. The molecule has 7 heteroatoms. The smallest absolute Gasteiger partial charge is 0.220 e. The molecule has 0 aromatic rings. The van der Waals surface area contributed by atoms with Gasteiger partial charge in [0.25, 0.3) is 0 Å². The van der Waals surface area contributed by atoms with E-state index in [1.807, 2.05) is 0 Å². The predicted octanol–water partition coefficient (Wildman–Crippen LogP) is -0.322. The number of piperidine rings is 1. The fraction of sp³-hybridized carbons (Fsp3) is 0.917. The third kappa shape index (κ3) is 6.35. The highest BCUT2D eigenvalue weighted by molar-refractivity contribution is 7.89. The molecule has 0 aromatic heterocycles. The van der Waals surface area contributed by atoms with Crippen molar-refractivity contribution in [2.75, 3.05) is 32.4 Å². The standard InChI is InChI=1S/C12H25N3O3S/c1-10(11-4-3-5-14-9-11)8-12(16)15-6-7-19(17,18)13-2/h10-11,13-14H,3-9H2,1-2H3,(H,15,16). The van der Waals surface area contributed by atoms with Crippen molar-refractivity contribution >= 4 is 15.9 Å². The largest absolute Gasteiger partial charge is 0.355 e. The van der Waals surface area contributed by atoms with Crippen LogP contribution in [0.2, 0.25) is 0 Å². The zero-order valence-electron chi connectivity index (χ0n) is 11.7. The molecule has 112 valence electrons. The maximum absolute atomic E-state index is 11.7. The Morgan fingerprint density at radius 3 is 2.79 bits per heavy atom. The van der Waals surface area contributed by atoms with E-state index in [4.69, 9.17) is 0 Å². The van der Waals surface area contributed by atoms with E-state index in [-0.39, 0.29) is 18.2 Å². The van der Waals surface area contributed by atoms with Gasteiger partial charge in [0.15, 0.2) is 0 Å². The van der Waals surface area contributed by atoms with Gasteiger partial charge in [-0.3, -0.25) is 4.79 Å². The quantitative estimate of drug-likeness (QED) is 0.600. The summed E-state index contributed by atoms with van der Waals surface area (Å²) in [4.78, 5) is 11.7. The van der Waals surface area contributed by atoms with Crippen molar-refractivity contribution in [2.45, 2.75) is 26.2 Å². The molecule has 1 aliphatic rings. The third-order valence-corrected chi connectivity index (χ3v) is 5.01. The number of carbonyl (C=O) groups is 1. The van der Waals surface area contributed by atoms with Crippen LogP contribution in [-0.2, 0) is 14.8 Å². The van der Waals surface area contributed by atoms with Crippen LogP contribution in [0, 0.1) is 11.8 Å². The van der Waals surface area contributed by atoms with Gasteiger partial charge in [0.1, 0.15) is 0 Å². The lowest BCUT2D eigenvalue weighted by Crippen LogP contribution is -2.37. The monoisotopic (exact) mass is 291 g/mol. The van der Waals surface area contributed by atoms with Crippen molar-refractivity contribution in [3.63, 3.8) is 0 Å². The van der Waals surface area contributed by atoms with Crippen molar-refractivity contribution in [1.82, 2.24) is 15.4 Å². The topological polar surface area (TPSA) is 87.3 Å². The number of amides is 1. The first-order chi connectivity index (χ1) is 8.94. The summed E-state index contributed by atoms with van der Waals surface area (Å²) in [5, 5.41) is 6.00. The first kappa shape index (κ1) is 16.4. The van der Waals surface area contributed by atoms with Crippen LogP contribution in [0.25, 0.3) is 0 Å².